The Hall–Kier alpha value is -4.23. The zero-order valence-electron chi connectivity index (χ0n) is 17.8. The Balaban J connectivity index is 1.51. The van der Waals surface area contributed by atoms with Crippen LogP contribution in [0.15, 0.2) is 128 Å². The monoisotopic (exact) mass is 409 g/mol. The maximum absolute atomic E-state index is 4.49. The third kappa shape index (κ3) is 4.14. The van der Waals surface area contributed by atoms with Gasteiger partial charge in [-0.1, -0.05) is 91.5 Å². The van der Waals surface area contributed by atoms with Crippen LogP contribution in [-0.4, -0.2) is 4.98 Å². The summed E-state index contributed by atoms with van der Waals surface area (Å²) in [5, 5.41) is 0. The molecule has 32 heavy (non-hydrogen) atoms. The molecule has 0 radical (unpaired) electrons. The van der Waals surface area contributed by atoms with Crippen LogP contribution < -0.4 is 0 Å². The molecule has 0 saturated carbocycles. The first-order chi connectivity index (χ1) is 15.8. The predicted octanol–water partition coefficient (Wildman–Crippen LogP) is 8.39. The first kappa shape index (κ1) is 19.7. The van der Waals surface area contributed by atoms with Gasteiger partial charge in [-0.25, -0.2) is 0 Å². The van der Waals surface area contributed by atoms with Crippen molar-refractivity contribution in [3.05, 3.63) is 134 Å². The molecule has 1 nitrogen and oxygen atoms in total. The van der Waals surface area contributed by atoms with Crippen molar-refractivity contribution in [1.29, 1.82) is 0 Å². The molecule has 1 aromatic heterocycles. The number of rotatable bonds is 5. The Morgan fingerprint density at radius 2 is 0.938 bits per heavy atom. The van der Waals surface area contributed by atoms with Gasteiger partial charge in [-0.05, 0) is 75.3 Å². The summed E-state index contributed by atoms with van der Waals surface area (Å²) < 4.78 is 0. The molecule has 0 atom stereocenters. The number of aromatic nitrogens is 1. The molecule has 0 unspecified atom stereocenters. The highest BCUT2D eigenvalue weighted by atomic mass is 14.7. The number of hydrogen-bond acceptors (Lipinski definition) is 1. The van der Waals surface area contributed by atoms with Crippen LogP contribution in [0.2, 0.25) is 0 Å². The van der Waals surface area contributed by atoms with Crippen molar-refractivity contribution in [1.82, 2.24) is 4.98 Å². The van der Waals surface area contributed by atoms with E-state index in [2.05, 4.69) is 109 Å². The summed E-state index contributed by atoms with van der Waals surface area (Å²) in [6.45, 7) is 3.89. The zero-order chi connectivity index (χ0) is 21.8. The van der Waals surface area contributed by atoms with Crippen LogP contribution in [0, 0.1) is 0 Å². The smallest absolute Gasteiger partial charge is 0.0702 e. The lowest BCUT2D eigenvalue weighted by Gasteiger charge is -2.10. The molecule has 0 N–H and O–H groups in total. The lowest BCUT2D eigenvalue weighted by Crippen LogP contribution is -1.86. The SMILES string of the molecule is C=Cc1cccc(-c2cccc(-c3cccc(-c4cccc(-c5ccccn5)c4)c3)c2)c1. The molecule has 0 saturated heterocycles. The normalized spacial score (nSPS) is 10.6. The lowest BCUT2D eigenvalue weighted by molar-refractivity contribution is 1.33. The molecule has 0 spiro atoms. The number of benzene rings is 4. The molecule has 0 aliphatic carbocycles. The summed E-state index contributed by atoms with van der Waals surface area (Å²) in [5.74, 6) is 0. The molecule has 152 valence electrons. The molecule has 0 fully saturated rings. The van der Waals surface area contributed by atoms with Crippen molar-refractivity contribution in [2.24, 2.45) is 0 Å². The van der Waals surface area contributed by atoms with Crippen molar-refractivity contribution in [2.75, 3.05) is 0 Å². The fraction of sp³-hybridized carbons (Fsp3) is 0. The van der Waals surface area contributed by atoms with Crippen molar-refractivity contribution >= 4 is 6.08 Å². The molecule has 5 rings (SSSR count). The van der Waals surface area contributed by atoms with E-state index < -0.39 is 0 Å². The van der Waals surface area contributed by atoms with E-state index in [0.717, 1.165) is 16.8 Å². The third-order valence-electron chi connectivity index (χ3n) is 5.67. The molecule has 0 bridgehead atoms. The van der Waals surface area contributed by atoms with Crippen LogP contribution in [-0.2, 0) is 0 Å². The zero-order valence-corrected chi connectivity index (χ0v) is 17.8. The molecule has 1 heterocycles. The van der Waals surface area contributed by atoms with Crippen LogP contribution in [0.1, 0.15) is 5.56 Å². The fourth-order valence-electron chi connectivity index (χ4n) is 3.99. The first-order valence-electron chi connectivity index (χ1n) is 10.8. The average molecular weight is 410 g/mol. The van der Waals surface area contributed by atoms with Gasteiger partial charge in [-0.2, -0.15) is 0 Å². The molecule has 1 heteroatoms. The molecule has 4 aromatic carbocycles. The van der Waals surface area contributed by atoms with Gasteiger partial charge in [0.2, 0.25) is 0 Å². The van der Waals surface area contributed by atoms with Gasteiger partial charge >= 0.3 is 0 Å². The van der Waals surface area contributed by atoms with E-state index >= 15 is 0 Å². The Labute approximate surface area is 189 Å². The van der Waals surface area contributed by atoms with Gasteiger partial charge in [0.15, 0.2) is 0 Å². The second kappa shape index (κ2) is 8.87. The largest absolute Gasteiger partial charge is 0.256 e. The number of hydrogen-bond donors (Lipinski definition) is 0. The summed E-state index contributed by atoms with van der Waals surface area (Å²) in [6.07, 6.45) is 3.72. The molecule has 5 aromatic rings. The topological polar surface area (TPSA) is 12.9 Å². The van der Waals surface area contributed by atoms with Crippen LogP contribution in [0.3, 0.4) is 0 Å². The van der Waals surface area contributed by atoms with Crippen LogP contribution in [0.4, 0.5) is 0 Å². The minimum atomic E-state index is 0.986. The molecular formula is C31H23N. The van der Waals surface area contributed by atoms with Crippen LogP contribution in [0.5, 0.6) is 0 Å². The predicted molar refractivity (Wildman–Crippen MR) is 136 cm³/mol. The van der Waals surface area contributed by atoms with E-state index in [9.17, 15) is 0 Å². The minimum Gasteiger partial charge on any atom is -0.256 e. The highest BCUT2D eigenvalue weighted by Crippen LogP contribution is 2.31. The van der Waals surface area contributed by atoms with Crippen LogP contribution in [0.25, 0.3) is 50.7 Å². The van der Waals surface area contributed by atoms with E-state index in [1.165, 1.54) is 33.4 Å². The van der Waals surface area contributed by atoms with E-state index in [-0.39, 0.29) is 0 Å². The maximum atomic E-state index is 4.49. The van der Waals surface area contributed by atoms with Crippen molar-refractivity contribution in [2.45, 2.75) is 0 Å². The quantitative estimate of drug-likeness (QED) is 0.284. The van der Waals surface area contributed by atoms with Gasteiger partial charge < -0.3 is 0 Å². The first-order valence-corrected chi connectivity index (χ1v) is 10.8. The van der Waals surface area contributed by atoms with E-state index in [1.54, 1.807) is 0 Å². The van der Waals surface area contributed by atoms with Gasteiger partial charge in [-0.3, -0.25) is 4.98 Å². The summed E-state index contributed by atoms with van der Waals surface area (Å²) >= 11 is 0. The second-order valence-electron chi connectivity index (χ2n) is 7.79. The molecular weight excluding hydrogens is 386 g/mol. The van der Waals surface area contributed by atoms with E-state index in [1.807, 2.05) is 30.5 Å². The Morgan fingerprint density at radius 3 is 1.44 bits per heavy atom. The Kier molecular flexibility index (Phi) is 5.47. The third-order valence-corrected chi connectivity index (χ3v) is 5.67. The van der Waals surface area contributed by atoms with Crippen molar-refractivity contribution in [3.63, 3.8) is 0 Å². The van der Waals surface area contributed by atoms with Crippen molar-refractivity contribution in [3.8, 4) is 44.6 Å². The molecule has 0 aliphatic heterocycles. The van der Waals surface area contributed by atoms with Gasteiger partial charge in [0, 0.05) is 11.8 Å². The van der Waals surface area contributed by atoms with Crippen molar-refractivity contribution < 1.29 is 0 Å². The Morgan fingerprint density at radius 1 is 0.469 bits per heavy atom. The van der Waals surface area contributed by atoms with Gasteiger partial charge in [0.25, 0.3) is 0 Å². The molecule has 0 amide bonds. The van der Waals surface area contributed by atoms with Crippen LogP contribution >= 0.6 is 0 Å². The standard InChI is InChI=1S/C31H23N/c1-2-23-9-5-10-24(19-23)25-11-6-12-26(20-25)27-13-7-14-28(21-27)29-15-8-16-30(22-29)31-17-3-4-18-32-31/h2-22H,1H2. The van der Waals surface area contributed by atoms with Gasteiger partial charge in [0.1, 0.15) is 0 Å². The summed E-state index contributed by atoms with van der Waals surface area (Å²) in [6, 6.07) is 40.5. The van der Waals surface area contributed by atoms with E-state index in [4.69, 9.17) is 0 Å². The summed E-state index contributed by atoms with van der Waals surface area (Å²) in [5.41, 5.74) is 10.4. The van der Waals surface area contributed by atoms with E-state index in [0.29, 0.717) is 0 Å². The summed E-state index contributed by atoms with van der Waals surface area (Å²) in [4.78, 5) is 4.49. The number of pyridine rings is 1. The highest BCUT2D eigenvalue weighted by Gasteiger charge is 2.06. The maximum Gasteiger partial charge on any atom is 0.0702 e. The van der Waals surface area contributed by atoms with Gasteiger partial charge in [0.05, 0.1) is 5.69 Å². The Bertz CT molecular complexity index is 1380. The summed E-state index contributed by atoms with van der Waals surface area (Å²) in [7, 11) is 0. The number of nitrogens with zero attached hydrogens (tertiary/aromatic N) is 1. The fourth-order valence-corrected chi connectivity index (χ4v) is 3.99. The van der Waals surface area contributed by atoms with Gasteiger partial charge in [-0.15, -0.1) is 0 Å². The average Bonchev–Trinajstić information content (AvgIpc) is 2.89. The second-order valence-corrected chi connectivity index (χ2v) is 7.79. The molecule has 0 aliphatic rings. The minimum absolute atomic E-state index is 0.986. The highest BCUT2D eigenvalue weighted by molar-refractivity contribution is 5.79. The lowest BCUT2D eigenvalue weighted by atomic mass is 9.95.